The maximum atomic E-state index is 2.54. The maximum absolute atomic E-state index is 2.54. The Morgan fingerprint density at radius 3 is 0.944 bits per heavy atom. The summed E-state index contributed by atoms with van der Waals surface area (Å²) in [4.78, 5) is 5.08. The fourth-order valence-electron chi connectivity index (χ4n) is 14.5. The number of hydrogen-bond acceptors (Lipinski definition) is 2. The number of anilines is 6. The van der Waals surface area contributed by atoms with Crippen LogP contribution in [0.25, 0.3) is 100 Å². The number of rotatable bonds is 10. The molecule has 0 aliphatic carbocycles. The van der Waals surface area contributed by atoms with E-state index in [2.05, 4.69) is 354 Å². The van der Waals surface area contributed by atoms with Crippen LogP contribution in [0.2, 0.25) is 0 Å². The number of hydrogen-bond donors (Lipinski definition) is 0. The summed E-state index contributed by atoms with van der Waals surface area (Å²) in [6, 6.07) is 119. The molecular weight excluding hydrogens is 1080 g/mol. The summed E-state index contributed by atoms with van der Waals surface area (Å²) < 4.78 is 5.04. The van der Waals surface area contributed by atoms with Gasteiger partial charge in [0.05, 0.1) is 22.4 Å². The van der Waals surface area contributed by atoms with Crippen molar-refractivity contribution in [3.05, 3.63) is 333 Å². The first-order valence-corrected chi connectivity index (χ1v) is 30.9. The number of benzene rings is 13. The lowest BCUT2D eigenvalue weighted by Gasteiger charge is -2.44. The predicted molar refractivity (Wildman–Crippen MR) is 376 cm³/mol. The number of nitrogens with zero attached hydrogens (tertiary/aromatic N) is 4. The van der Waals surface area contributed by atoms with Gasteiger partial charge >= 0.3 is 0 Å². The third kappa shape index (κ3) is 8.60. The summed E-state index contributed by atoms with van der Waals surface area (Å²) in [6.07, 6.45) is 0. The van der Waals surface area contributed by atoms with Crippen molar-refractivity contribution in [2.45, 2.75) is 13.8 Å². The molecule has 13 aromatic carbocycles. The minimum atomic E-state index is -0.135. The normalized spacial score (nSPS) is 12.3. The minimum absolute atomic E-state index is 0.135. The Morgan fingerprint density at radius 1 is 0.247 bits per heavy atom. The van der Waals surface area contributed by atoms with Gasteiger partial charge in [-0.3, -0.25) is 0 Å². The van der Waals surface area contributed by atoms with Gasteiger partial charge in [-0.1, -0.05) is 248 Å². The van der Waals surface area contributed by atoms with E-state index >= 15 is 0 Å². The van der Waals surface area contributed by atoms with E-state index in [0.29, 0.717) is 0 Å². The third-order valence-electron chi connectivity index (χ3n) is 18.4. The molecule has 4 nitrogen and oxygen atoms in total. The van der Waals surface area contributed by atoms with E-state index < -0.39 is 0 Å². The second-order valence-corrected chi connectivity index (χ2v) is 23.7. The standard InChI is InChI=1S/C84H59BN4/c1-56-36-50-74-70(52-56)80(62-26-13-5-14-27-62)83(64-30-17-7-18-31-64)88(74)68-46-48-72-78(54-68)86(66-42-38-60(39-43-66)58-22-9-3-10-23-58)76-34-21-35-77-82(76)85(72)73-49-47-69(55-79(73)87(77)67-44-40-61(41-45-67)59-24-11-4-12-25-59)89-75-51-37-57(2)53-71(75)81(63-28-15-6-16-29-63)84(89)65-32-19-8-20-33-65/h3-55H,1-2H3. The van der Waals surface area contributed by atoms with E-state index in [1.54, 1.807) is 0 Å². The molecule has 0 bridgehead atoms. The van der Waals surface area contributed by atoms with E-state index in [1.807, 2.05) is 0 Å². The minimum Gasteiger partial charge on any atom is -0.311 e. The van der Waals surface area contributed by atoms with E-state index in [-0.39, 0.29) is 6.71 Å². The van der Waals surface area contributed by atoms with Crippen molar-refractivity contribution in [2.24, 2.45) is 0 Å². The molecule has 17 rings (SSSR count). The average molecular weight is 1140 g/mol. The highest BCUT2D eigenvalue weighted by atomic mass is 15.2. The molecule has 0 fully saturated rings. The zero-order valence-corrected chi connectivity index (χ0v) is 49.5. The molecule has 0 N–H and O–H groups in total. The summed E-state index contributed by atoms with van der Waals surface area (Å²) in [6.45, 7) is 4.28. The van der Waals surface area contributed by atoms with Gasteiger partial charge in [0.15, 0.2) is 0 Å². The van der Waals surface area contributed by atoms with Crippen LogP contribution in [-0.4, -0.2) is 15.8 Å². The summed E-state index contributed by atoms with van der Waals surface area (Å²) in [7, 11) is 0. The van der Waals surface area contributed by atoms with Gasteiger partial charge in [-0.15, -0.1) is 0 Å². The molecule has 2 aliphatic heterocycles. The van der Waals surface area contributed by atoms with Gasteiger partial charge in [-0.25, -0.2) is 0 Å². The molecule has 418 valence electrons. The summed E-state index contributed by atoms with van der Waals surface area (Å²) in [5.41, 5.74) is 31.7. The zero-order chi connectivity index (χ0) is 59.1. The number of aryl methyl sites for hydroxylation is 2. The topological polar surface area (TPSA) is 16.3 Å². The molecule has 2 aromatic heterocycles. The largest absolute Gasteiger partial charge is 0.311 e. The predicted octanol–water partition coefficient (Wildman–Crippen LogP) is 20.3. The van der Waals surface area contributed by atoms with Gasteiger partial charge in [-0.05, 0) is 160 Å². The quantitative estimate of drug-likeness (QED) is 0.127. The summed E-state index contributed by atoms with van der Waals surface area (Å²) in [5.74, 6) is 0. The Kier molecular flexibility index (Phi) is 12.4. The van der Waals surface area contributed by atoms with E-state index in [9.17, 15) is 0 Å². The molecule has 0 spiro atoms. The molecule has 4 heterocycles. The highest BCUT2D eigenvalue weighted by Crippen LogP contribution is 2.49. The SMILES string of the molecule is Cc1ccc2c(c1)c(-c1ccccc1)c(-c1ccccc1)n2-c1ccc2c(c1)N(c1ccc(-c3ccccc3)cc1)c1cccc3c1B2c1ccc(-n2c(-c4ccccc4)c(-c4ccccc4)c4cc(C)ccc42)cc1N3c1ccc(-c2ccccc2)cc1. The van der Waals surface area contributed by atoms with Crippen LogP contribution in [0, 0.1) is 13.8 Å². The number of fused-ring (bicyclic) bond motifs is 6. The fraction of sp³-hybridized carbons (Fsp3) is 0.0238. The molecule has 0 atom stereocenters. The second-order valence-electron chi connectivity index (χ2n) is 23.7. The van der Waals surface area contributed by atoms with Gasteiger partial charge in [0.25, 0.3) is 6.71 Å². The maximum Gasteiger partial charge on any atom is 0.252 e. The van der Waals surface area contributed by atoms with Crippen molar-refractivity contribution in [3.63, 3.8) is 0 Å². The van der Waals surface area contributed by atoms with Gasteiger partial charge in [-0.2, -0.15) is 0 Å². The van der Waals surface area contributed by atoms with Crippen molar-refractivity contribution >= 4 is 79.0 Å². The Labute approximate surface area is 519 Å². The van der Waals surface area contributed by atoms with Crippen LogP contribution in [-0.2, 0) is 0 Å². The average Bonchev–Trinajstić information content (AvgIpc) is 1.42. The van der Waals surface area contributed by atoms with Crippen molar-refractivity contribution in [3.8, 4) is 78.4 Å². The number of aromatic nitrogens is 2. The zero-order valence-electron chi connectivity index (χ0n) is 49.5. The fourth-order valence-corrected chi connectivity index (χ4v) is 14.5. The van der Waals surface area contributed by atoms with Crippen LogP contribution in [0.15, 0.2) is 322 Å². The van der Waals surface area contributed by atoms with E-state index in [4.69, 9.17) is 0 Å². The van der Waals surface area contributed by atoms with Crippen LogP contribution in [0.1, 0.15) is 11.1 Å². The first kappa shape index (κ1) is 52.0. The highest BCUT2D eigenvalue weighted by Gasteiger charge is 2.44. The molecule has 0 unspecified atom stereocenters. The Hall–Kier alpha value is -11.4. The van der Waals surface area contributed by atoms with Crippen molar-refractivity contribution in [1.82, 2.24) is 9.13 Å². The molecule has 0 amide bonds. The lowest BCUT2D eigenvalue weighted by Crippen LogP contribution is -2.61. The van der Waals surface area contributed by atoms with Gasteiger partial charge in [0, 0.05) is 67.4 Å². The summed E-state index contributed by atoms with van der Waals surface area (Å²) in [5, 5.41) is 2.45. The molecule has 0 saturated carbocycles. The lowest BCUT2D eigenvalue weighted by molar-refractivity contribution is 1.13. The van der Waals surface area contributed by atoms with Crippen LogP contribution in [0.5, 0.6) is 0 Å². The van der Waals surface area contributed by atoms with Crippen molar-refractivity contribution in [1.29, 1.82) is 0 Å². The van der Waals surface area contributed by atoms with E-state index in [0.717, 1.165) is 79.0 Å². The molecule has 5 heteroatoms. The van der Waals surface area contributed by atoms with Crippen LogP contribution in [0.3, 0.4) is 0 Å². The third-order valence-corrected chi connectivity index (χ3v) is 18.4. The molecule has 89 heavy (non-hydrogen) atoms. The Morgan fingerprint density at radius 2 is 0.573 bits per heavy atom. The van der Waals surface area contributed by atoms with Crippen LogP contribution in [0.4, 0.5) is 34.1 Å². The first-order valence-electron chi connectivity index (χ1n) is 30.9. The van der Waals surface area contributed by atoms with E-state index in [1.165, 1.54) is 82.8 Å². The molecule has 0 radical (unpaired) electrons. The second kappa shape index (κ2) is 21.2. The lowest BCUT2D eigenvalue weighted by atomic mass is 9.33. The van der Waals surface area contributed by atoms with Crippen LogP contribution >= 0.6 is 0 Å². The highest BCUT2D eigenvalue weighted by molar-refractivity contribution is 7.00. The van der Waals surface area contributed by atoms with Gasteiger partial charge in [0.2, 0.25) is 0 Å². The Bertz CT molecular complexity index is 4850. The van der Waals surface area contributed by atoms with Gasteiger partial charge < -0.3 is 18.9 Å². The molecule has 2 aliphatic rings. The Balaban J connectivity index is 0.940. The smallest absolute Gasteiger partial charge is 0.252 e. The first-order chi connectivity index (χ1) is 44.0. The molecule has 0 saturated heterocycles. The monoisotopic (exact) mass is 1130 g/mol. The van der Waals surface area contributed by atoms with Crippen LogP contribution < -0.4 is 26.2 Å². The van der Waals surface area contributed by atoms with Gasteiger partial charge in [0.1, 0.15) is 0 Å². The molecule has 15 aromatic rings. The van der Waals surface area contributed by atoms with Crippen molar-refractivity contribution in [2.75, 3.05) is 9.80 Å². The molecular formula is C84H59BN4. The summed E-state index contributed by atoms with van der Waals surface area (Å²) >= 11 is 0. The van der Waals surface area contributed by atoms with Crippen molar-refractivity contribution < 1.29 is 0 Å².